The van der Waals surface area contributed by atoms with E-state index in [4.69, 9.17) is 9.47 Å². The fourth-order valence-corrected chi connectivity index (χ4v) is 4.24. The number of carbonyl (C=O) groups is 2. The van der Waals surface area contributed by atoms with Gasteiger partial charge in [0.05, 0.1) is 4.47 Å². The lowest BCUT2D eigenvalue weighted by molar-refractivity contribution is -0.131. The molecule has 3 aromatic rings. The van der Waals surface area contributed by atoms with E-state index in [1.807, 2.05) is 55.5 Å². The van der Waals surface area contributed by atoms with Crippen molar-refractivity contribution in [3.8, 4) is 11.5 Å². The second-order valence-electron chi connectivity index (χ2n) is 6.18. The van der Waals surface area contributed by atoms with Crippen LogP contribution in [0.5, 0.6) is 11.5 Å². The lowest BCUT2D eigenvalue weighted by Gasteiger charge is -2.13. The van der Waals surface area contributed by atoms with E-state index in [0.29, 0.717) is 11.5 Å². The van der Waals surface area contributed by atoms with Gasteiger partial charge in [0, 0.05) is 9.86 Å². The van der Waals surface area contributed by atoms with Crippen molar-refractivity contribution in [2.45, 2.75) is 6.92 Å². The molecule has 0 spiro atoms. The number of nitrogens with one attached hydrogen (secondary N) is 2. The first-order valence-corrected chi connectivity index (χ1v) is 10.3. The molecule has 0 aliphatic carbocycles. The van der Waals surface area contributed by atoms with Crippen molar-refractivity contribution < 1.29 is 19.1 Å². The fraction of sp³-hybridized carbons (Fsp3) is 0.143. The molecule has 0 heterocycles. The van der Waals surface area contributed by atoms with E-state index in [2.05, 4.69) is 42.7 Å². The third-order valence-corrected chi connectivity index (χ3v) is 5.04. The molecule has 0 saturated heterocycles. The maximum Gasteiger partial charge on any atom is 0.276 e. The first kappa shape index (κ1) is 21.1. The zero-order chi connectivity index (χ0) is 20.8. The molecule has 6 nitrogen and oxygen atoms in total. The number of amides is 2. The fourth-order valence-electron chi connectivity index (χ4n) is 2.69. The number of hydrogen-bond donors (Lipinski definition) is 2. The van der Waals surface area contributed by atoms with Gasteiger partial charge in [-0.15, -0.1) is 0 Å². The number of halogens is 2. The SMILES string of the molecule is Cc1cc(Br)cc(Br)c1OCC(=O)NNC(=O)COc1cccc2ccccc12. The standard InChI is InChI=1S/C21H18Br2N2O4/c1-13-9-15(22)10-17(23)21(13)29-12-20(27)25-24-19(26)11-28-18-8-4-6-14-5-2-3-7-16(14)18/h2-10H,11-12H2,1H3,(H,24,26)(H,25,27). The van der Waals surface area contributed by atoms with Gasteiger partial charge in [-0.1, -0.05) is 52.3 Å². The predicted octanol–water partition coefficient (Wildman–Crippen LogP) is 4.28. The van der Waals surface area contributed by atoms with E-state index in [1.54, 1.807) is 6.07 Å². The van der Waals surface area contributed by atoms with Crippen molar-refractivity contribution in [3.05, 3.63) is 69.1 Å². The van der Waals surface area contributed by atoms with E-state index >= 15 is 0 Å². The van der Waals surface area contributed by atoms with Crippen LogP contribution in [0.4, 0.5) is 0 Å². The summed E-state index contributed by atoms with van der Waals surface area (Å²) >= 11 is 6.79. The number of ether oxygens (including phenoxy) is 2. The lowest BCUT2D eigenvalue weighted by Crippen LogP contribution is -2.45. The Kier molecular flexibility index (Phi) is 7.11. The van der Waals surface area contributed by atoms with E-state index in [1.165, 1.54) is 0 Å². The van der Waals surface area contributed by atoms with Gasteiger partial charge >= 0.3 is 0 Å². The molecule has 0 aliphatic heterocycles. The lowest BCUT2D eigenvalue weighted by atomic mass is 10.1. The first-order chi connectivity index (χ1) is 13.9. The molecule has 3 rings (SSSR count). The number of aryl methyl sites for hydroxylation is 1. The van der Waals surface area contributed by atoms with Gasteiger partial charge in [0.1, 0.15) is 11.5 Å². The molecule has 3 aromatic carbocycles. The maximum absolute atomic E-state index is 12.0. The van der Waals surface area contributed by atoms with Crippen molar-refractivity contribution in [1.82, 2.24) is 10.9 Å². The number of fused-ring (bicyclic) bond motifs is 1. The van der Waals surface area contributed by atoms with Gasteiger partial charge in [-0.3, -0.25) is 20.4 Å². The molecule has 8 heteroatoms. The second-order valence-corrected chi connectivity index (χ2v) is 7.95. The Balaban J connectivity index is 1.46. The summed E-state index contributed by atoms with van der Waals surface area (Å²) in [6.07, 6.45) is 0. The molecule has 0 radical (unpaired) electrons. The number of rotatable bonds is 6. The van der Waals surface area contributed by atoms with Gasteiger partial charge in [-0.2, -0.15) is 0 Å². The highest BCUT2D eigenvalue weighted by Crippen LogP contribution is 2.32. The highest BCUT2D eigenvalue weighted by Gasteiger charge is 2.11. The van der Waals surface area contributed by atoms with Gasteiger partial charge < -0.3 is 9.47 Å². The van der Waals surface area contributed by atoms with Crippen LogP contribution in [0.25, 0.3) is 10.8 Å². The van der Waals surface area contributed by atoms with Crippen LogP contribution in [0.1, 0.15) is 5.56 Å². The minimum atomic E-state index is -0.488. The molecule has 0 saturated carbocycles. The molecule has 0 atom stereocenters. The Morgan fingerprint density at radius 3 is 2.28 bits per heavy atom. The summed E-state index contributed by atoms with van der Waals surface area (Å²) in [7, 11) is 0. The van der Waals surface area contributed by atoms with Crippen LogP contribution in [0.15, 0.2) is 63.5 Å². The van der Waals surface area contributed by atoms with Gasteiger partial charge in [0.25, 0.3) is 11.8 Å². The third kappa shape index (κ3) is 5.71. The summed E-state index contributed by atoms with van der Waals surface area (Å²) in [5.41, 5.74) is 5.49. The number of hydrazine groups is 1. The summed E-state index contributed by atoms with van der Waals surface area (Å²) in [6.45, 7) is 1.40. The first-order valence-electron chi connectivity index (χ1n) is 8.70. The zero-order valence-corrected chi connectivity index (χ0v) is 18.7. The van der Waals surface area contributed by atoms with Gasteiger partial charge in [0.2, 0.25) is 0 Å². The van der Waals surface area contributed by atoms with Crippen molar-refractivity contribution in [2.24, 2.45) is 0 Å². The summed E-state index contributed by atoms with van der Waals surface area (Å²) in [4.78, 5) is 23.9. The predicted molar refractivity (Wildman–Crippen MR) is 118 cm³/mol. The minimum absolute atomic E-state index is 0.230. The van der Waals surface area contributed by atoms with Crippen molar-refractivity contribution in [2.75, 3.05) is 13.2 Å². The van der Waals surface area contributed by atoms with Crippen LogP contribution in [0.3, 0.4) is 0 Å². The summed E-state index contributed by atoms with van der Waals surface area (Å²) in [5, 5.41) is 1.93. The molecule has 0 unspecified atom stereocenters. The molecular weight excluding hydrogens is 504 g/mol. The quantitative estimate of drug-likeness (QED) is 0.475. The molecular formula is C21H18Br2N2O4. The van der Waals surface area contributed by atoms with Crippen LogP contribution < -0.4 is 20.3 Å². The summed E-state index contributed by atoms with van der Waals surface area (Å²) in [5.74, 6) is 0.197. The molecule has 29 heavy (non-hydrogen) atoms. The molecule has 2 amide bonds. The molecule has 0 aliphatic rings. The Labute approximate surface area is 184 Å². The van der Waals surface area contributed by atoms with Gasteiger partial charge in [0.15, 0.2) is 13.2 Å². The van der Waals surface area contributed by atoms with Crippen molar-refractivity contribution in [1.29, 1.82) is 0 Å². The number of carbonyl (C=O) groups excluding carboxylic acids is 2. The third-order valence-electron chi connectivity index (χ3n) is 3.99. The normalized spacial score (nSPS) is 10.4. The second kappa shape index (κ2) is 9.76. The smallest absolute Gasteiger partial charge is 0.276 e. The molecule has 2 N–H and O–H groups in total. The van der Waals surface area contributed by atoms with Crippen LogP contribution >= 0.6 is 31.9 Å². The van der Waals surface area contributed by atoms with Crippen molar-refractivity contribution in [3.63, 3.8) is 0 Å². The largest absolute Gasteiger partial charge is 0.483 e. The summed E-state index contributed by atoms with van der Waals surface area (Å²) in [6, 6.07) is 17.0. The maximum atomic E-state index is 12.0. The van der Waals surface area contributed by atoms with E-state index in [9.17, 15) is 9.59 Å². The number of hydrogen-bond acceptors (Lipinski definition) is 4. The topological polar surface area (TPSA) is 76.7 Å². The van der Waals surface area contributed by atoms with Crippen LogP contribution in [-0.2, 0) is 9.59 Å². The molecule has 0 aromatic heterocycles. The Hall–Kier alpha value is -2.58. The van der Waals surface area contributed by atoms with E-state index < -0.39 is 11.8 Å². The Bertz CT molecular complexity index is 1030. The Morgan fingerprint density at radius 1 is 0.897 bits per heavy atom. The average Bonchev–Trinajstić information content (AvgIpc) is 2.69. The minimum Gasteiger partial charge on any atom is -0.483 e. The molecule has 0 bridgehead atoms. The zero-order valence-electron chi connectivity index (χ0n) is 15.5. The van der Waals surface area contributed by atoms with Crippen LogP contribution in [-0.4, -0.2) is 25.0 Å². The average molecular weight is 522 g/mol. The highest BCUT2D eigenvalue weighted by molar-refractivity contribution is 9.11. The summed E-state index contributed by atoms with van der Waals surface area (Å²) < 4.78 is 12.7. The van der Waals surface area contributed by atoms with E-state index in [-0.39, 0.29) is 13.2 Å². The van der Waals surface area contributed by atoms with Crippen LogP contribution in [0, 0.1) is 6.92 Å². The number of benzene rings is 3. The van der Waals surface area contributed by atoms with Gasteiger partial charge in [-0.25, -0.2) is 0 Å². The van der Waals surface area contributed by atoms with E-state index in [0.717, 1.165) is 25.3 Å². The molecule has 0 fully saturated rings. The molecule has 150 valence electrons. The monoisotopic (exact) mass is 520 g/mol. The Morgan fingerprint density at radius 2 is 1.55 bits per heavy atom. The highest BCUT2D eigenvalue weighted by atomic mass is 79.9. The van der Waals surface area contributed by atoms with Crippen LogP contribution in [0.2, 0.25) is 0 Å². The van der Waals surface area contributed by atoms with Crippen molar-refractivity contribution >= 4 is 54.4 Å². The van der Waals surface area contributed by atoms with Gasteiger partial charge in [-0.05, 0) is 52.0 Å².